The van der Waals surface area contributed by atoms with Crippen molar-refractivity contribution in [2.75, 3.05) is 6.54 Å². The molecule has 3 heterocycles. The second-order valence-corrected chi connectivity index (χ2v) is 8.06. The summed E-state index contributed by atoms with van der Waals surface area (Å²) in [5.41, 5.74) is 4.78. The quantitative estimate of drug-likeness (QED) is 0.685. The Morgan fingerprint density at radius 2 is 2.13 bits per heavy atom. The Morgan fingerprint density at radius 1 is 1.30 bits per heavy atom. The number of benzene rings is 1. The number of rotatable bonds is 5. The highest BCUT2D eigenvalue weighted by Crippen LogP contribution is 2.31. The summed E-state index contributed by atoms with van der Waals surface area (Å²) in [5, 5.41) is 4.45. The van der Waals surface area contributed by atoms with Gasteiger partial charge in [0, 0.05) is 31.3 Å². The van der Waals surface area contributed by atoms with Gasteiger partial charge in [-0.15, -0.1) is 0 Å². The molecule has 0 spiro atoms. The maximum atomic E-state index is 13.6. The van der Waals surface area contributed by atoms with Crippen molar-refractivity contribution in [3.8, 4) is 11.3 Å². The van der Waals surface area contributed by atoms with Crippen LogP contribution in [0.1, 0.15) is 54.5 Å². The summed E-state index contributed by atoms with van der Waals surface area (Å²) < 4.78 is 15.4. The number of carbonyl (C=O) groups excluding carboxylic acids is 1. The average molecular weight is 410 g/mol. The third kappa shape index (κ3) is 4.01. The Bertz CT molecular complexity index is 1050. The molecule has 0 unspecified atom stereocenters. The van der Waals surface area contributed by atoms with Crippen LogP contribution in [0.25, 0.3) is 11.3 Å². The van der Waals surface area contributed by atoms with E-state index in [1.54, 1.807) is 12.3 Å². The number of imidazole rings is 1. The molecule has 1 saturated heterocycles. The Kier molecular flexibility index (Phi) is 5.70. The minimum atomic E-state index is -0.279. The van der Waals surface area contributed by atoms with Crippen LogP contribution in [0.15, 0.2) is 30.5 Å². The topological polar surface area (TPSA) is 66.8 Å². The van der Waals surface area contributed by atoms with E-state index in [-0.39, 0.29) is 17.8 Å². The van der Waals surface area contributed by atoms with Gasteiger partial charge >= 0.3 is 0 Å². The first-order valence-corrected chi connectivity index (χ1v) is 10.5. The molecule has 0 saturated carbocycles. The number of halogens is 1. The van der Waals surface area contributed by atoms with Crippen molar-refractivity contribution in [1.29, 1.82) is 0 Å². The normalized spacial score (nSPS) is 16.8. The van der Waals surface area contributed by atoms with Crippen molar-refractivity contribution in [2.45, 2.75) is 52.0 Å². The molecule has 0 aliphatic carbocycles. The first kappa shape index (κ1) is 20.3. The third-order valence-corrected chi connectivity index (χ3v) is 6.12. The molecule has 1 aliphatic rings. The summed E-state index contributed by atoms with van der Waals surface area (Å²) in [7, 11) is 1.93. The number of H-pyrrole nitrogens is 1. The zero-order valence-electron chi connectivity index (χ0n) is 17.8. The SMILES string of the molecule is Cc1nn(C)c(C)c1CCC(=O)N1CCCC[C@H]1c1ncc(-c2cccc(F)c2)[nH]1. The van der Waals surface area contributed by atoms with Gasteiger partial charge in [-0.3, -0.25) is 9.48 Å². The first-order chi connectivity index (χ1) is 14.4. The van der Waals surface area contributed by atoms with Gasteiger partial charge in [0.2, 0.25) is 5.91 Å². The van der Waals surface area contributed by atoms with Gasteiger partial charge in [0.15, 0.2) is 0 Å². The fourth-order valence-corrected chi connectivity index (χ4v) is 4.38. The van der Waals surface area contributed by atoms with Gasteiger partial charge in [-0.1, -0.05) is 12.1 Å². The Morgan fingerprint density at radius 3 is 2.87 bits per heavy atom. The second kappa shape index (κ2) is 8.42. The van der Waals surface area contributed by atoms with Gasteiger partial charge in [0.1, 0.15) is 11.6 Å². The minimum absolute atomic E-state index is 0.0651. The van der Waals surface area contributed by atoms with E-state index in [4.69, 9.17) is 0 Å². The number of piperidine rings is 1. The summed E-state index contributed by atoms with van der Waals surface area (Å²) in [6.45, 7) is 4.78. The lowest BCUT2D eigenvalue weighted by Crippen LogP contribution is -2.39. The van der Waals surface area contributed by atoms with Gasteiger partial charge in [-0.25, -0.2) is 9.37 Å². The minimum Gasteiger partial charge on any atom is -0.340 e. The lowest BCUT2D eigenvalue weighted by Gasteiger charge is -2.34. The van der Waals surface area contributed by atoms with Crippen molar-refractivity contribution < 1.29 is 9.18 Å². The molecular formula is C23H28FN5O. The maximum absolute atomic E-state index is 13.6. The third-order valence-electron chi connectivity index (χ3n) is 6.12. The molecule has 30 heavy (non-hydrogen) atoms. The fraction of sp³-hybridized carbons (Fsp3) is 0.435. The molecule has 7 heteroatoms. The molecule has 0 bridgehead atoms. The van der Waals surface area contributed by atoms with Crippen molar-refractivity contribution in [1.82, 2.24) is 24.6 Å². The summed E-state index contributed by atoms with van der Waals surface area (Å²) in [6.07, 6.45) is 5.83. The number of carbonyl (C=O) groups is 1. The molecule has 1 aromatic carbocycles. The summed E-state index contributed by atoms with van der Waals surface area (Å²) in [4.78, 5) is 22.9. The molecule has 6 nitrogen and oxygen atoms in total. The van der Waals surface area contributed by atoms with Gasteiger partial charge in [-0.05, 0) is 57.2 Å². The molecule has 3 aromatic rings. The van der Waals surface area contributed by atoms with Crippen LogP contribution >= 0.6 is 0 Å². The van der Waals surface area contributed by atoms with E-state index in [1.807, 2.05) is 36.5 Å². The Labute approximate surface area is 176 Å². The lowest BCUT2D eigenvalue weighted by molar-refractivity contribution is -0.135. The van der Waals surface area contributed by atoms with Crippen molar-refractivity contribution in [3.63, 3.8) is 0 Å². The van der Waals surface area contributed by atoms with Crippen LogP contribution in [0, 0.1) is 19.7 Å². The van der Waals surface area contributed by atoms with Crippen molar-refractivity contribution in [3.05, 3.63) is 59.1 Å². The molecule has 1 aliphatic heterocycles. The standard InChI is InChI=1S/C23H28FN5O/c1-15-19(16(2)28(3)27-15)10-11-22(30)29-12-5-4-9-21(29)23-25-14-20(26-23)17-7-6-8-18(24)13-17/h6-8,13-14,21H,4-5,9-12H2,1-3H3,(H,25,26)/t21-/m0/s1. The van der Waals surface area contributed by atoms with E-state index in [1.165, 1.54) is 12.1 Å². The smallest absolute Gasteiger partial charge is 0.223 e. The van der Waals surface area contributed by atoms with Gasteiger partial charge in [0.05, 0.1) is 23.6 Å². The molecule has 158 valence electrons. The summed E-state index contributed by atoms with van der Waals surface area (Å²) in [5.74, 6) is 0.640. The zero-order valence-corrected chi connectivity index (χ0v) is 17.8. The number of aryl methyl sites for hydroxylation is 2. The Hall–Kier alpha value is -2.96. The van der Waals surface area contributed by atoms with E-state index in [9.17, 15) is 9.18 Å². The fourth-order valence-electron chi connectivity index (χ4n) is 4.38. The average Bonchev–Trinajstić information content (AvgIpc) is 3.32. The van der Waals surface area contributed by atoms with Crippen LogP contribution in [-0.4, -0.2) is 37.1 Å². The molecule has 2 aromatic heterocycles. The predicted octanol–water partition coefficient (Wildman–Crippen LogP) is 4.25. The summed E-state index contributed by atoms with van der Waals surface area (Å²) in [6, 6.07) is 6.38. The number of hydrogen-bond donors (Lipinski definition) is 1. The van der Waals surface area contributed by atoms with E-state index in [0.717, 1.165) is 59.8 Å². The zero-order chi connectivity index (χ0) is 21.3. The van der Waals surface area contributed by atoms with Crippen LogP contribution in [0.5, 0.6) is 0 Å². The molecule has 1 amide bonds. The highest BCUT2D eigenvalue weighted by atomic mass is 19.1. The number of nitrogens with one attached hydrogen (secondary N) is 1. The molecular weight excluding hydrogens is 381 g/mol. The Balaban J connectivity index is 1.50. The lowest BCUT2D eigenvalue weighted by atomic mass is 10.00. The van der Waals surface area contributed by atoms with Crippen LogP contribution in [0.4, 0.5) is 4.39 Å². The number of nitrogens with zero attached hydrogens (tertiary/aromatic N) is 4. The van der Waals surface area contributed by atoms with Crippen molar-refractivity contribution >= 4 is 5.91 Å². The van der Waals surface area contributed by atoms with Crippen LogP contribution in [0.3, 0.4) is 0 Å². The van der Waals surface area contributed by atoms with Crippen LogP contribution in [0.2, 0.25) is 0 Å². The van der Waals surface area contributed by atoms with E-state index in [0.29, 0.717) is 12.8 Å². The highest BCUT2D eigenvalue weighted by molar-refractivity contribution is 5.77. The van der Waals surface area contributed by atoms with Crippen LogP contribution < -0.4 is 0 Å². The largest absolute Gasteiger partial charge is 0.340 e. The number of aromatic amines is 1. The second-order valence-electron chi connectivity index (χ2n) is 8.06. The van der Waals surface area contributed by atoms with Gasteiger partial charge < -0.3 is 9.88 Å². The van der Waals surface area contributed by atoms with E-state index in [2.05, 4.69) is 15.1 Å². The number of likely N-dealkylation sites (tertiary alicyclic amines) is 1. The first-order valence-electron chi connectivity index (χ1n) is 10.5. The van der Waals surface area contributed by atoms with Crippen LogP contribution in [-0.2, 0) is 18.3 Å². The van der Waals surface area contributed by atoms with Crippen molar-refractivity contribution in [2.24, 2.45) is 7.05 Å². The molecule has 1 fully saturated rings. The van der Waals surface area contributed by atoms with E-state index >= 15 is 0 Å². The maximum Gasteiger partial charge on any atom is 0.223 e. The number of aromatic nitrogens is 4. The highest BCUT2D eigenvalue weighted by Gasteiger charge is 2.30. The number of amides is 1. The predicted molar refractivity (Wildman–Crippen MR) is 113 cm³/mol. The molecule has 4 rings (SSSR count). The van der Waals surface area contributed by atoms with Gasteiger partial charge in [-0.2, -0.15) is 5.10 Å². The van der Waals surface area contributed by atoms with E-state index < -0.39 is 0 Å². The molecule has 1 atom stereocenters. The monoisotopic (exact) mass is 409 g/mol. The number of hydrogen-bond acceptors (Lipinski definition) is 3. The molecule has 1 N–H and O–H groups in total. The summed E-state index contributed by atoms with van der Waals surface area (Å²) >= 11 is 0. The molecule has 0 radical (unpaired) electrons. The van der Waals surface area contributed by atoms with Gasteiger partial charge in [0.25, 0.3) is 0 Å².